The van der Waals surface area contributed by atoms with Crippen LogP contribution in [0.3, 0.4) is 0 Å². The first kappa shape index (κ1) is 26.3. The molecule has 0 saturated carbocycles. The van der Waals surface area contributed by atoms with Crippen LogP contribution >= 0.6 is 0 Å². The molecule has 2 heterocycles. The van der Waals surface area contributed by atoms with Crippen molar-refractivity contribution in [1.82, 2.24) is 14.3 Å². The summed E-state index contributed by atoms with van der Waals surface area (Å²) in [6.07, 6.45) is 5.96. The van der Waals surface area contributed by atoms with Gasteiger partial charge in [0.2, 0.25) is 0 Å². The van der Waals surface area contributed by atoms with Gasteiger partial charge >= 0.3 is 0 Å². The van der Waals surface area contributed by atoms with Crippen LogP contribution in [0.25, 0.3) is 28.0 Å². The van der Waals surface area contributed by atoms with Crippen molar-refractivity contribution in [2.24, 2.45) is 0 Å². The normalized spacial score (nSPS) is 11.2. The van der Waals surface area contributed by atoms with E-state index in [9.17, 15) is 14.0 Å². The summed E-state index contributed by atoms with van der Waals surface area (Å²) in [7, 11) is 0. The number of hydrogen-bond donors (Lipinski definition) is 0. The lowest BCUT2D eigenvalue weighted by atomic mass is 9.96. The maximum Gasteiger partial charge on any atom is 0.254 e. The molecule has 192 valence electrons. The number of halogens is 1. The van der Waals surface area contributed by atoms with Crippen LogP contribution in [0.4, 0.5) is 4.39 Å². The first-order valence-corrected chi connectivity index (χ1v) is 12.9. The van der Waals surface area contributed by atoms with Crippen LogP contribution in [0.15, 0.2) is 60.8 Å². The van der Waals surface area contributed by atoms with E-state index < -0.39 is 0 Å². The molecule has 0 spiro atoms. The number of aryl methyl sites for hydroxylation is 2. The Morgan fingerprint density at radius 1 is 0.946 bits per heavy atom. The van der Waals surface area contributed by atoms with Crippen LogP contribution in [0.1, 0.15) is 61.1 Å². The van der Waals surface area contributed by atoms with Crippen LogP contribution < -0.4 is 0 Å². The zero-order chi connectivity index (χ0) is 26.5. The number of amides is 1. The van der Waals surface area contributed by atoms with Crippen molar-refractivity contribution in [2.75, 3.05) is 13.1 Å². The van der Waals surface area contributed by atoms with Gasteiger partial charge in [0.1, 0.15) is 17.2 Å². The number of imidazole rings is 1. The van der Waals surface area contributed by atoms with Crippen molar-refractivity contribution in [1.29, 1.82) is 0 Å². The van der Waals surface area contributed by atoms with Crippen molar-refractivity contribution in [3.05, 3.63) is 83.4 Å². The van der Waals surface area contributed by atoms with Gasteiger partial charge in [-0.15, -0.1) is 0 Å². The predicted molar refractivity (Wildman–Crippen MR) is 146 cm³/mol. The molecule has 0 radical (unpaired) electrons. The second-order valence-corrected chi connectivity index (χ2v) is 9.71. The number of nitrogens with zero attached hydrogens (tertiary/aromatic N) is 3. The fourth-order valence-corrected chi connectivity index (χ4v) is 4.75. The highest BCUT2D eigenvalue weighted by Gasteiger charge is 2.20. The Morgan fingerprint density at radius 2 is 1.70 bits per heavy atom. The van der Waals surface area contributed by atoms with Gasteiger partial charge in [0.25, 0.3) is 5.91 Å². The third-order valence-corrected chi connectivity index (χ3v) is 6.69. The largest absolute Gasteiger partial charge is 0.331 e. The SMILES string of the molecule is CCCCCCN(CC(C)=O)C(=O)c1ccn2c(C)c(-c3ccccc3-c3ccc(C)cc3F)nc2c1. The monoisotopic (exact) mass is 499 g/mol. The minimum absolute atomic E-state index is 0.0381. The first-order valence-electron chi connectivity index (χ1n) is 12.9. The van der Waals surface area contributed by atoms with E-state index in [0.717, 1.165) is 53.8 Å². The topological polar surface area (TPSA) is 54.7 Å². The maximum absolute atomic E-state index is 14.9. The van der Waals surface area contributed by atoms with E-state index in [4.69, 9.17) is 4.98 Å². The first-order chi connectivity index (χ1) is 17.8. The van der Waals surface area contributed by atoms with Gasteiger partial charge in [-0.05, 0) is 56.5 Å². The summed E-state index contributed by atoms with van der Waals surface area (Å²) >= 11 is 0. The Hall–Kier alpha value is -3.80. The average molecular weight is 500 g/mol. The minimum Gasteiger partial charge on any atom is -0.331 e. The molecular formula is C31H34FN3O2. The van der Waals surface area contributed by atoms with E-state index >= 15 is 0 Å². The maximum atomic E-state index is 14.9. The summed E-state index contributed by atoms with van der Waals surface area (Å²) in [5.74, 6) is -0.478. The van der Waals surface area contributed by atoms with E-state index in [1.165, 1.54) is 13.0 Å². The van der Waals surface area contributed by atoms with E-state index in [-0.39, 0.29) is 24.1 Å². The molecule has 0 saturated heterocycles. The Labute approximate surface area is 218 Å². The highest BCUT2D eigenvalue weighted by molar-refractivity contribution is 5.97. The lowest BCUT2D eigenvalue weighted by Crippen LogP contribution is -2.35. The number of hydrogen-bond acceptors (Lipinski definition) is 3. The molecule has 0 N–H and O–H groups in total. The molecule has 0 fully saturated rings. The summed E-state index contributed by atoms with van der Waals surface area (Å²) in [6, 6.07) is 16.4. The van der Waals surface area contributed by atoms with Crippen LogP contribution in [0.2, 0.25) is 0 Å². The predicted octanol–water partition coefficient (Wildman–Crippen LogP) is 7.04. The van der Waals surface area contributed by atoms with E-state index in [2.05, 4.69) is 6.92 Å². The second-order valence-electron chi connectivity index (χ2n) is 9.71. The Bertz CT molecular complexity index is 1440. The quantitative estimate of drug-likeness (QED) is 0.220. The van der Waals surface area contributed by atoms with Gasteiger partial charge in [-0.3, -0.25) is 9.59 Å². The molecule has 4 rings (SSSR count). The molecule has 6 heteroatoms. The molecule has 2 aromatic heterocycles. The summed E-state index contributed by atoms with van der Waals surface area (Å²) in [4.78, 5) is 31.7. The molecule has 1 amide bonds. The number of carbonyl (C=O) groups is 2. The van der Waals surface area contributed by atoms with Gasteiger partial charge in [0.05, 0.1) is 12.2 Å². The molecule has 0 aliphatic carbocycles. The molecule has 0 aliphatic rings. The average Bonchev–Trinajstić information content (AvgIpc) is 3.21. The molecule has 4 aromatic rings. The zero-order valence-electron chi connectivity index (χ0n) is 22.1. The summed E-state index contributed by atoms with van der Waals surface area (Å²) in [6.45, 7) is 8.14. The molecule has 0 unspecified atom stereocenters. The van der Waals surface area contributed by atoms with Gasteiger partial charge in [0.15, 0.2) is 0 Å². The molecule has 0 aliphatic heterocycles. The molecule has 0 bridgehead atoms. The summed E-state index contributed by atoms with van der Waals surface area (Å²) in [5.41, 5.74) is 5.75. The molecule has 0 atom stereocenters. The fraction of sp³-hybridized carbons (Fsp3) is 0.323. The minimum atomic E-state index is -0.272. The van der Waals surface area contributed by atoms with Crippen molar-refractivity contribution in [2.45, 2.75) is 53.4 Å². The number of carbonyl (C=O) groups excluding carboxylic acids is 2. The van der Waals surface area contributed by atoms with E-state index in [1.807, 2.05) is 54.8 Å². The van der Waals surface area contributed by atoms with Gasteiger partial charge in [-0.2, -0.15) is 0 Å². The molecule has 37 heavy (non-hydrogen) atoms. The highest BCUT2D eigenvalue weighted by atomic mass is 19.1. The molecule has 2 aromatic carbocycles. The molecule has 5 nitrogen and oxygen atoms in total. The van der Waals surface area contributed by atoms with Crippen LogP contribution in [0, 0.1) is 19.7 Å². The second kappa shape index (κ2) is 11.5. The number of unbranched alkanes of at least 4 members (excludes halogenated alkanes) is 3. The van der Waals surface area contributed by atoms with Gasteiger partial charge in [0, 0.05) is 35.1 Å². The number of pyridine rings is 1. The Kier molecular flexibility index (Phi) is 8.17. The lowest BCUT2D eigenvalue weighted by molar-refractivity contribution is -0.117. The Morgan fingerprint density at radius 3 is 2.41 bits per heavy atom. The number of rotatable bonds is 10. The number of ketones is 1. The van der Waals surface area contributed by atoms with Crippen molar-refractivity contribution in [3.63, 3.8) is 0 Å². The molecular weight excluding hydrogens is 465 g/mol. The fourth-order valence-electron chi connectivity index (χ4n) is 4.75. The summed E-state index contributed by atoms with van der Waals surface area (Å²) < 4.78 is 16.8. The smallest absolute Gasteiger partial charge is 0.254 e. The van der Waals surface area contributed by atoms with E-state index in [1.54, 1.807) is 23.1 Å². The number of aromatic nitrogens is 2. The standard InChI is InChI=1S/C31H34FN3O2/c1-5-6-7-10-16-34(20-22(3)36)31(37)24-15-17-35-23(4)30(33-29(35)19-24)27-12-9-8-11-25(27)26-14-13-21(2)18-28(26)32/h8-9,11-15,17-19H,5-7,10,16,20H2,1-4H3. The number of benzene rings is 2. The van der Waals surface area contributed by atoms with Crippen LogP contribution in [-0.2, 0) is 4.79 Å². The van der Waals surface area contributed by atoms with Crippen LogP contribution in [-0.4, -0.2) is 39.1 Å². The van der Waals surface area contributed by atoms with Crippen molar-refractivity contribution in [3.8, 4) is 22.4 Å². The summed E-state index contributed by atoms with van der Waals surface area (Å²) in [5, 5.41) is 0. The van der Waals surface area contributed by atoms with Gasteiger partial charge in [-0.25, -0.2) is 9.37 Å². The van der Waals surface area contributed by atoms with Gasteiger partial charge in [-0.1, -0.05) is 62.6 Å². The van der Waals surface area contributed by atoms with Gasteiger partial charge < -0.3 is 9.30 Å². The van der Waals surface area contributed by atoms with Crippen molar-refractivity contribution >= 4 is 17.3 Å². The van der Waals surface area contributed by atoms with E-state index in [0.29, 0.717) is 23.3 Å². The third kappa shape index (κ3) is 5.79. The van der Waals surface area contributed by atoms with Crippen molar-refractivity contribution < 1.29 is 14.0 Å². The number of fused-ring (bicyclic) bond motifs is 1. The highest BCUT2D eigenvalue weighted by Crippen LogP contribution is 2.35. The third-order valence-electron chi connectivity index (χ3n) is 6.69. The zero-order valence-corrected chi connectivity index (χ0v) is 22.1. The van der Waals surface area contributed by atoms with Crippen LogP contribution in [0.5, 0.6) is 0 Å². The Balaban J connectivity index is 1.70. The number of Topliss-reactive ketones (excluding diaryl/α,β-unsaturated/α-hetero) is 1. The lowest BCUT2D eigenvalue weighted by Gasteiger charge is -2.21.